The second kappa shape index (κ2) is 10.1. The quantitative estimate of drug-likeness (QED) is 0.201. The molecule has 0 unspecified atom stereocenters. The van der Waals surface area contributed by atoms with E-state index in [9.17, 15) is 20.0 Å². The molecule has 3 rings (SSSR count). The summed E-state index contributed by atoms with van der Waals surface area (Å²) in [7, 11) is 0. The van der Waals surface area contributed by atoms with E-state index < -0.39 is 22.7 Å². The van der Waals surface area contributed by atoms with Crippen molar-refractivity contribution in [1.82, 2.24) is 5.32 Å². The molecule has 0 aliphatic carbocycles. The number of ether oxygens (including phenoxy) is 3. The fraction of sp³-hybridized carbons (Fsp3) is 0.304. The Labute approximate surface area is 185 Å². The summed E-state index contributed by atoms with van der Waals surface area (Å²) in [5, 5.41) is 25.3. The van der Waals surface area contributed by atoms with E-state index in [2.05, 4.69) is 5.32 Å². The summed E-state index contributed by atoms with van der Waals surface area (Å²) >= 11 is 0. The van der Waals surface area contributed by atoms with Gasteiger partial charge in [0.05, 0.1) is 17.6 Å². The zero-order valence-corrected chi connectivity index (χ0v) is 17.7. The van der Waals surface area contributed by atoms with Crippen LogP contribution in [0.3, 0.4) is 0 Å². The molecule has 0 spiro atoms. The molecule has 0 saturated carbocycles. The maximum atomic E-state index is 11.2. The van der Waals surface area contributed by atoms with Crippen LogP contribution < -0.4 is 14.8 Å². The van der Waals surface area contributed by atoms with Crippen LogP contribution in [0.4, 0.5) is 5.69 Å². The Bertz CT molecular complexity index is 1030. The van der Waals surface area contributed by atoms with Crippen LogP contribution in [0.1, 0.15) is 25.5 Å². The number of aliphatic hydroxyl groups excluding tert-OH is 1. The molecule has 1 aliphatic heterocycles. The van der Waals surface area contributed by atoms with Gasteiger partial charge in [0.2, 0.25) is 0 Å². The second-order valence-corrected chi connectivity index (χ2v) is 7.64. The molecule has 2 aromatic rings. The lowest BCUT2D eigenvalue weighted by atomic mass is 9.86. The number of benzene rings is 2. The van der Waals surface area contributed by atoms with E-state index in [0.717, 1.165) is 0 Å². The Kier molecular flexibility index (Phi) is 7.27. The smallest absolute Gasteiger partial charge is 0.270 e. The Balaban J connectivity index is 1.90. The van der Waals surface area contributed by atoms with Gasteiger partial charge >= 0.3 is 0 Å². The Morgan fingerprint density at radius 3 is 2.75 bits per heavy atom. The molecule has 2 aromatic carbocycles. The van der Waals surface area contributed by atoms with Crippen LogP contribution >= 0.6 is 0 Å². The van der Waals surface area contributed by atoms with Crippen molar-refractivity contribution < 1.29 is 29.0 Å². The summed E-state index contributed by atoms with van der Waals surface area (Å²) in [5.74, 6) is 3.02. The van der Waals surface area contributed by atoms with Crippen LogP contribution in [0.2, 0.25) is 0 Å². The Morgan fingerprint density at radius 1 is 1.31 bits per heavy atom. The van der Waals surface area contributed by atoms with E-state index in [1.165, 1.54) is 30.5 Å². The number of para-hydroxylation sites is 1. The van der Waals surface area contributed by atoms with Gasteiger partial charge in [-0.25, -0.2) is 4.79 Å². The van der Waals surface area contributed by atoms with Crippen molar-refractivity contribution in [3.05, 3.63) is 82.2 Å². The number of hydrogen-bond acceptors (Lipinski definition) is 8. The highest BCUT2D eigenvalue weighted by molar-refractivity contribution is 5.48. The molecule has 0 radical (unpaired) electrons. The van der Waals surface area contributed by atoms with Gasteiger partial charge in [0.15, 0.2) is 0 Å². The highest BCUT2D eigenvalue weighted by atomic mass is 16.6. The molecule has 1 aliphatic rings. The number of fused-ring (bicyclic) bond motifs is 1. The van der Waals surface area contributed by atoms with Gasteiger partial charge in [-0.05, 0) is 32.0 Å². The monoisotopic (exact) mass is 440 g/mol. The molecule has 9 nitrogen and oxygen atoms in total. The number of nitrogens with one attached hydrogen (secondary N) is 1. The van der Waals surface area contributed by atoms with Gasteiger partial charge in [0.25, 0.3) is 5.69 Å². The number of aliphatic hydroxyl groups is 1. The minimum Gasteiger partial charge on any atom is -0.485 e. The minimum absolute atomic E-state index is 0.0323. The van der Waals surface area contributed by atoms with E-state index in [4.69, 9.17) is 14.2 Å². The first-order valence-corrected chi connectivity index (χ1v) is 9.92. The lowest BCUT2D eigenvalue weighted by Crippen LogP contribution is -2.51. The first-order chi connectivity index (χ1) is 15.3. The molecule has 1 heterocycles. The van der Waals surface area contributed by atoms with Gasteiger partial charge in [0, 0.05) is 30.0 Å². The molecule has 0 amide bonds. The van der Waals surface area contributed by atoms with E-state index in [1.807, 2.05) is 18.2 Å². The number of nitrogens with zero attached hydrogens (tertiary/aromatic N) is 1. The van der Waals surface area contributed by atoms with Crippen LogP contribution in [-0.4, -0.2) is 40.9 Å². The first-order valence-electron chi connectivity index (χ1n) is 9.92. The molecule has 0 saturated heterocycles. The largest absolute Gasteiger partial charge is 0.485 e. The van der Waals surface area contributed by atoms with Gasteiger partial charge in [-0.15, -0.1) is 0 Å². The lowest BCUT2D eigenvalue weighted by Gasteiger charge is -2.42. The number of carbonyl (C=O) groups excluding carboxylic acids is 1. The summed E-state index contributed by atoms with van der Waals surface area (Å²) in [6, 6.07) is 12.6. The number of hydrogen-bond donors (Lipinski definition) is 2. The van der Waals surface area contributed by atoms with Gasteiger partial charge in [0.1, 0.15) is 41.5 Å². The van der Waals surface area contributed by atoms with Crippen molar-refractivity contribution in [2.45, 2.75) is 31.6 Å². The van der Waals surface area contributed by atoms with Crippen LogP contribution in [0.25, 0.3) is 0 Å². The molecule has 0 bridgehead atoms. The fourth-order valence-corrected chi connectivity index (χ4v) is 3.26. The minimum atomic E-state index is -1.02. The highest BCUT2D eigenvalue weighted by Gasteiger charge is 2.43. The van der Waals surface area contributed by atoms with E-state index in [0.29, 0.717) is 22.8 Å². The van der Waals surface area contributed by atoms with Crippen molar-refractivity contribution in [2.24, 2.45) is 0 Å². The number of non-ortho nitro benzene ring substituents is 1. The van der Waals surface area contributed by atoms with Crippen LogP contribution in [0.15, 0.2) is 66.6 Å². The molecule has 168 valence electrons. The maximum Gasteiger partial charge on any atom is 0.270 e. The van der Waals surface area contributed by atoms with Crippen molar-refractivity contribution in [3.8, 4) is 11.5 Å². The van der Waals surface area contributed by atoms with Crippen LogP contribution in [0, 0.1) is 10.1 Å². The fourth-order valence-electron chi connectivity index (χ4n) is 3.26. The topological polar surface area (TPSA) is 120 Å². The van der Waals surface area contributed by atoms with Gasteiger partial charge in [-0.1, -0.05) is 18.2 Å². The predicted molar refractivity (Wildman–Crippen MR) is 116 cm³/mol. The number of nitro groups is 1. The van der Waals surface area contributed by atoms with Crippen LogP contribution in [-0.2, 0) is 9.53 Å². The highest BCUT2D eigenvalue weighted by Crippen LogP contribution is 2.41. The number of rotatable bonds is 9. The van der Waals surface area contributed by atoms with Crippen molar-refractivity contribution in [1.29, 1.82) is 0 Å². The molecule has 2 N–H and O–H groups in total. The molecular weight excluding hydrogens is 416 g/mol. The summed E-state index contributed by atoms with van der Waals surface area (Å²) < 4.78 is 17.1. The van der Waals surface area contributed by atoms with Gasteiger partial charge in [-0.2, -0.15) is 0 Å². The third-order valence-corrected chi connectivity index (χ3v) is 4.89. The molecule has 2 atom stereocenters. The van der Waals surface area contributed by atoms with E-state index >= 15 is 0 Å². The normalized spacial score (nSPS) is 19.2. The Hall–Kier alpha value is -3.65. The number of nitro benzene ring substituents is 1. The zero-order valence-electron chi connectivity index (χ0n) is 17.7. The molecule has 0 aromatic heterocycles. The summed E-state index contributed by atoms with van der Waals surface area (Å²) in [5.41, 5.74) is -0.605. The Morgan fingerprint density at radius 2 is 2.06 bits per heavy atom. The third kappa shape index (κ3) is 5.53. The molecule has 32 heavy (non-hydrogen) atoms. The molecular formula is C23H24N2O7. The average molecular weight is 440 g/mol. The summed E-state index contributed by atoms with van der Waals surface area (Å²) in [6.45, 7) is 3.55. The molecule has 0 fully saturated rings. The molecule has 9 heteroatoms. The van der Waals surface area contributed by atoms with Gasteiger partial charge < -0.3 is 24.6 Å². The SMILES string of the molecule is CC1(C)Oc2ccc([N+](=O)[O-])cc2[C@H](N/C=C(\COCC=C=O)Oc2ccccc2)[C@H]1O. The van der Waals surface area contributed by atoms with Crippen LogP contribution in [0.5, 0.6) is 11.5 Å². The predicted octanol–water partition coefficient (Wildman–Crippen LogP) is 3.08. The van der Waals surface area contributed by atoms with Gasteiger partial charge in [-0.3, -0.25) is 10.1 Å². The zero-order chi connectivity index (χ0) is 23.1. The third-order valence-electron chi connectivity index (χ3n) is 4.89. The van der Waals surface area contributed by atoms with E-state index in [1.54, 1.807) is 31.9 Å². The summed E-state index contributed by atoms with van der Waals surface area (Å²) in [4.78, 5) is 21.1. The van der Waals surface area contributed by atoms with Crippen molar-refractivity contribution in [2.75, 3.05) is 13.2 Å². The second-order valence-electron chi connectivity index (χ2n) is 7.64. The average Bonchev–Trinajstić information content (AvgIpc) is 2.77. The van der Waals surface area contributed by atoms with E-state index in [-0.39, 0.29) is 18.9 Å². The lowest BCUT2D eigenvalue weighted by molar-refractivity contribution is -0.385. The summed E-state index contributed by atoms with van der Waals surface area (Å²) in [6.07, 6.45) is 1.72. The van der Waals surface area contributed by atoms with Crippen molar-refractivity contribution in [3.63, 3.8) is 0 Å². The first kappa shape index (κ1) is 23.0. The maximum absolute atomic E-state index is 11.2. The van der Waals surface area contributed by atoms with Crippen molar-refractivity contribution >= 4 is 11.6 Å². The standard InChI is InChI=1S/C23H24N2O7/c1-23(2)22(27)21(19-13-16(25(28)29)9-10-20(19)32-23)24-14-18(15-30-12-6-11-26)31-17-7-4-3-5-8-17/h3-10,13-14,21-22,24,27H,12,15H2,1-2H3/b18-14+/t21-,22+/m0/s1.